The van der Waals surface area contributed by atoms with E-state index in [0.29, 0.717) is 11.6 Å². The van der Waals surface area contributed by atoms with E-state index in [-0.39, 0.29) is 16.2 Å². The second kappa shape index (κ2) is 6.49. The summed E-state index contributed by atoms with van der Waals surface area (Å²) in [5.41, 5.74) is 0.114. The van der Waals surface area contributed by atoms with Crippen LogP contribution in [0.3, 0.4) is 0 Å². The minimum atomic E-state index is -0.630. The maximum absolute atomic E-state index is 13.4. The van der Waals surface area contributed by atoms with Crippen molar-refractivity contribution < 1.29 is 9.31 Å². The van der Waals surface area contributed by atoms with Gasteiger partial charge < -0.3 is 10.6 Å². The first-order valence-electron chi connectivity index (χ1n) is 6.59. The van der Waals surface area contributed by atoms with E-state index >= 15 is 0 Å². The molecule has 7 heteroatoms. The molecule has 2 rings (SSSR count). The fraction of sp³-hybridized carbons (Fsp3) is 0.538. The quantitative estimate of drug-likeness (QED) is 0.649. The normalized spacial score (nSPS) is 20.4. The predicted molar refractivity (Wildman–Crippen MR) is 79.4 cm³/mol. The van der Waals surface area contributed by atoms with Crippen molar-refractivity contribution in [3.05, 3.63) is 32.5 Å². The van der Waals surface area contributed by atoms with E-state index in [1.807, 2.05) is 6.92 Å². The van der Waals surface area contributed by atoms with Gasteiger partial charge in [0.25, 0.3) is 5.69 Å². The molecule has 110 valence electrons. The number of hydrogen-bond acceptors (Lipinski definition) is 4. The molecule has 1 heterocycles. The molecule has 1 aromatic carbocycles. The van der Waals surface area contributed by atoms with Crippen LogP contribution in [0.1, 0.15) is 19.8 Å². The van der Waals surface area contributed by atoms with Crippen LogP contribution in [0.4, 0.5) is 15.8 Å². The molecule has 5 nitrogen and oxygen atoms in total. The van der Waals surface area contributed by atoms with Crippen molar-refractivity contribution in [1.29, 1.82) is 0 Å². The van der Waals surface area contributed by atoms with Gasteiger partial charge in [0.1, 0.15) is 11.5 Å². The van der Waals surface area contributed by atoms with E-state index in [0.717, 1.165) is 32.0 Å². The van der Waals surface area contributed by atoms with Crippen LogP contribution in [-0.2, 0) is 0 Å². The maximum Gasteiger partial charge on any atom is 0.295 e. The number of benzene rings is 1. The number of halogens is 2. The van der Waals surface area contributed by atoms with Crippen LogP contribution >= 0.6 is 15.9 Å². The Morgan fingerprint density at radius 2 is 2.35 bits per heavy atom. The summed E-state index contributed by atoms with van der Waals surface area (Å²) in [6.07, 6.45) is 2.18. The Labute approximate surface area is 125 Å². The maximum atomic E-state index is 13.4. The lowest BCUT2D eigenvalue weighted by Crippen LogP contribution is -2.38. The number of nitrogens with zero attached hydrogens (tertiary/aromatic N) is 1. The average molecular weight is 346 g/mol. The van der Waals surface area contributed by atoms with Crippen LogP contribution in [0.5, 0.6) is 0 Å². The molecule has 2 unspecified atom stereocenters. The van der Waals surface area contributed by atoms with Crippen LogP contribution in [0.2, 0.25) is 0 Å². The molecule has 1 aliphatic rings. The lowest BCUT2D eigenvalue weighted by molar-refractivity contribution is -0.384. The van der Waals surface area contributed by atoms with Gasteiger partial charge in [0, 0.05) is 6.04 Å². The number of hydrogen-bond donors (Lipinski definition) is 2. The summed E-state index contributed by atoms with van der Waals surface area (Å²) >= 11 is 3.07. The predicted octanol–water partition coefficient (Wildman–Crippen LogP) is 3.30. The fourth-order valence-electron chi connectivity index (χ4n) is 2.47. The number of nitro groups is 1. The Bertz CT molecular complexity index is 507. The van der Waals surface area contributed by atoms with Gasteiger partial charge in [-0.05, 0) is 60.8 Å². The Morgan fingerprint density at radius 3 is 2.95 bits per heavy atom. The SMILES string of the molecule is CC(Nc1cc(Br)c(F)cc1[N+](=O)[O-])C1CCCNC1. The third kappa shape index (κ3) is 3.46. The van der Waals surface area contributed by atoms with Crippen LogP contribution in [0, 0.1) is 21.8 Å². The average Bonchev–Trinajstić information content (AvgIpc) is 2.43. The first kappa shape index (κ1) is 15.2. The molecular formula is C13H17BrFN3O2. The van der Waals surface area contributed by atoms with Crippen LogP contribution in [0.15, 0.2) is 16.6 Å². The van der Waals surface area contributed by atoms with Crippen molar-refractivity contribution in [1.82, 2.24) is 5.32 Å². The van der Waals surface area contributed by atoms with Crippen molar-refractivity contribution >= 4 is 27.3 Å². The largest absolute Gasteiger partial charge is 0.377 e. The summed E-state index contributed by atoms with van der Waals surface area (Å²) in [4.78, 5) is 10.4. The highest BCUT2D eigenvalue weighted by Crippen LogP contribution is 2.32. The van der Waals surface area contributed by atoms with Gasteiger partial charge in [-0.2, -0.15) is 0 Å². The van der Waals surface area contributed by atoms with Crippen molar-refractivity contribution in [3.63, 3.8) is 0 Å². The Hall–Kier alpha value is -1.21. The van der Waals surface area contributed by atoms with E-state index in [1.54, 1.807) is 0 Å². The number of piperidine rings is 1. The van der Waals surface area contributed by atoms with E-state index < -0.39 is 10.7 Å². The number of nitro benzene ring substituents is 1. The van der Waals surface area contributed by atoms with E-state index in [9.17, 15) is 14.5 Å². The summed E-state index contributed by atoms with van der Waals surface area (Å²) in [7, 11) is 0. The first-order chi connectivity index (χ1) is 9.49. The summed E-state index contributed by atoms with van der Waals surface area (Å²) in [6.45, 7) is 3.91. The highest BCUT2D eigenvalue weighted by atomic mass is 79.9. The van der Waals surface area contributed by atoms with Gasteiger partial charge in [-0.15, -0.1) is 0 Å². The van der Waals surface area contributed by atoms with Gasteiger partial charge in [0.2, 0.25) is 0 Å². The summed E-state index contributed by atoms with van der Waals surface area (Å²) in [6, 6.07) is 2.46. The molecule has 0 spiro atoms. The topological polar surface area (TPSA) is 67.2 Å². The van der Waals surface area contributed by atoms with Gasteiger partial charge in [-0.25, -0.2) is 4.39 Å². The van der Waals surface area contributed by atoms with Gasteiger partial charge in [-0.3, -0.25) is 10.1 Å². The zero-order valence-corrected chi connectivity index (χ0v) is 12.7. The molecular weight excluding hydrogens is 329 g/mol. The molecule has 0 bridgehead atoms. The van der Waals surface area contributed by atoms with Crippen molar-refractivity contribution in [2.75, 3.05) is 18.4 Å². The zero-order chi connectivity index (χ0) is 14.7. The molecule has 1 fully saturated rings. The first-order valence-corrected chi connectivity index (χ1v) is 7.39. The van der Waals surface area contributed by atoms with E-state index in [4.69, 9.17) is 0 Å². The third-order valence-electron chi connectivity index (χ3n) is 3.66. The van der Waals surface area contributed by atoms with Crippen molar-refractivity contribution in [2.24, 2.45) is 5.92 Å². The van der Waals surface area contributed by atoms with E-state index in [1.165, 1.54) is 6.07 Å². The minimum Gasteiger partial charge on any atom is -0.377 e. The zero-order valence-electron chi connectivity index (χ0n) is 11.2. The van der Waals surface area contributed by atoms with Crippen molar-refractivity contribution in [2.45, 2.75) is 25.8 Å². The van der Waals surface area contributed by atoms with Crippen LogP contribution < -0.4 is 10.6 Å². The fourth-order valence-corrected chi connectivity index (χ4v) is 2.82. The summed E-state index contributed by atoms with van der Waals surface area (Å²) < 4.78 is 13.6. The smallest absolute Gasteiger partial charge is 0.295 e. The summed E-state index contributed by atoms with van der Waals surface area (Å²) in [5.74, 6) is -0.221. The number of nitrogens with one attached hydrogen (secondary N) is 2. The minimum absolute atomic E-state index is 0.0823. The Kier molecular flexibility index (Phi) is 4.93. The van der Waals surface area contributed by atoms with Crippen LogP contribution in [0.25, 0.3) is 0 Å². The number of rotatable bonds is 4. The molecule has 1 saturated heterocycles. The highest BCUT2D eigenvalue weighted by Gasteiger charge is 2.24. The second-order valence-electron chi connectivity index (χ2n) is 5.08. The molecule has 1 aliphatic heterocycles. The lowest BCUT2D eigenvalue weighted by Gasteiger charge is -2.29. The molecule has 0 aliphatic carbocycles. The monoisotopic (exact) mass is 345 g/mol. The lowest BCUT2D eigenvalue weighted by atomic mass is 9.92. The number of anilines is 1. The molecule has 20 heavy (non-hydrogen) atoms. The van der Waals surface area contributed by atoms with Crippen LogP contribution in [-0.4, -0.2) is 24.1 Å². The third-order valence-corrected chi connectivity index (χ3v) is 4.27. The molecule has 0 amide bonds. The molecule has 2 atom stereocenters. The van der Waals surface area contributed by atoms with Gasteiger partial charge in [0.15, 0.2) is 0 Å². The molecule has 2 N–H and O–H groups in total. The second-order valence-corrected chi connectivity index (χ2v) is 5.93. The molecule has 0 saturated carbocycles. The Morgan fingerprint density at radius 1 is 1.60 bits per heavy atom. The Balaban J connectivity index is 2.19. The highest BCUT2D eigenvalue weighted by molar-refractivity contribution is 9.10. The van der Waals surface area contributed by atoms with Gasteiger partial charge in [-0.1, -0.05) is 0 Å². The molecule has 0 aromatic heterocycles. The molecule has 0 radical (unpaired) electrons. The van der Waals surface area contributed by atoms with Gasteiger partial charge >= 0.3 is 0 Å². The summed E-state index contributed by atoms with van der Waals surface area (Å²) in [5, 5.41) is 17.5. The molecule has 1 aromatic rings. The standard InChI is InChI=1S/C13H17BrFN3O2/c1-8(9-3-2-4-16-7-9)17-12-5-10(14)11(15)6-13(12)18(19)20/h5-6,8-9,16-17H,2-4,7H2,1H3. The van der Waals surface area contributed by atoms with E-state index in [2.05, 4.69) is 26.6 Å². The van der Waals surface area contributed by atoms with Crippen molar-refractivity contribution in [3.8, 4) is 0 Å². The van der Waals surface area contributed by atoms with Gasteiger partial charge in [0.05, 0.1) is 15.5 Å².